The molecular weight excluding hydrogens is 352 g/mol. The van der Waals surface area contributed by atoms with Crippen LogP contribution >= 0.6 is 0 Å². The fourth-order valence-electron chi connectivity index (χ4n) is 3.22. The molecule has 0 spiro atoms. The van der Waals surface area contributed by atoms with E-state index in [0.717, 1.165) is 43.2 Å². The predicted molar refractivity (Wildman–Crippen MR) is 108 cm³/mol. The van der Waals surface area contributed by atoms with Crippen LogP contribution in [0.4, 0.5) is 11.5 Å². The highest BCUT2D eigenvalue weighted by Crippen LogP contribution is 2.18. The first-order valence-electron chi connectivity index (χ1n) is 9.34. The van der Waals surface area contributed by atoms with Crippen molar-refractivity contribution < 1.29 is 4.79 Å². The van der Waals surface area contributed by atoms with Crippen molar-refractivity contribution in [3.8, 4) is 0 Å². The lowest BCUT2D eigenvalue weighted by Gasteiger charge is -2.36. The van der Waals surface area contributed by atoms with Gasteiger partial charge in [0.05, 0.1) is 11.9 Å². The van der Waals surface area contributed by atoms with E-state index in [0.29, 0.717) is 12.2 Å². The molecule has 1 saturated heterocycles. The number of hydrogen-bond donors (Lipinski definition) is 1. The maximum Gasteiger partial charge on any atom is 0.270 e. The Morgan fingerprint density at radius 1 is 0.893 bits per heavy atom. The number of anilines is 2. The minimum Gasteiger partial charge on any atom is -0.367 e. The molecule has 3 aromatic heterocycles. The average molecular weight is 374 g/mol. The fourth-order valence-corrected chi connectivity index (χ4v) is 3.22. The quantitative estimate of drug-likeness (QED) is 0.737. The van der Waals surface area contributed by atoms with Gasteiger partial charge >= 0.3 is 0 Å². The van der Waals surface area contributed by atoms with Crippen LogP contribution in [0, 0.1) is 0 Å². The topological polar surface area (TPSA) is 74.2 Å². The zero-order valence-corrected chi connectivity index (χ0v) is 15.5. The van der Waals surface area contributed by atoms with Gasteiger partial charge in [-0.25, -0.2) is 9.97 Å². The van der Waals surface area contributed by atoms with Gasteiger partial charge in [0.15, 0.2) is 0 Å². The summed E-state index contributed by atoms with van der Waals surface area (Å²) in [5, 5.41) is 2.87. The maximum atomic E-state index is 12.3. The second kappa shape index (κ2) is 8.47. The van der Waals surface area contributed by atoms with Gasteiger partial charge in [0.1, 0.15) is 11.5 Å². The van der Waals surface area contributed by atoms with Crippen LogP contribution in [0.25, 0.3) is 0 Å². The molecule has 7 heteroatoms. The number of nitrogens with one attached hydrogen (secondary N) is 1. The van der Waals surface area contributed by atoms with Gasteiger partial charge in [-0.1, -0.05) is 12.1 Å². The number of aromatic nitrogens is 3. The van der Waals surface area contributed by atoms with E-state index < -0.39 is 0 Å². The SMILES string of the molecule is O=C(NCc1cccnc1)c1ccc(N2CCN(c3ccccn3)CC2)cn1. The maximum absolute atomic E-state index is 12.3. The standard InChI is InChI=1S/C21H22N6O/c28-21(25-15-17-4-3-8-22-14-17)19-7-6-18(16-24-19)26-10-12-27(13-11-26)20-5-1-2-9-23-20/h1-9,14,16H,10-13,15H2,(H,25,28). The first-order chi connectivity index (χ1) is 13.8. The Morgan fingerprint density at radius 3 is 2.43 bits per heavy atom. The summed E-state index contributed by atoms with van der Waals surface area (Å²) < 4.78 is 0. The molecule has 3 aromatic rings. The molecule has 1 aliphatic heterocycles. The molecule has 0 atom stereocenters. The highest BCUT2D eigenvalue weighted by Gasteiger charge is 2.18. The summed E-state index contributed by atoms with van der Waals surface area (Å²) in [5.41, 5.74) is 2.41. The summed E-state index contributed by atoms with van der Waals surface area (Å²) in [5.74, 6) is 0.830. The Balaban J connectivity index is 1.31. The van der Waals surface area contributed by atoms with Gasteiger partial charge in [-0.15, -0.1) is 0 Å². The molecule has 28 heavy (non-hydrogen) atoms. The van der Waals surface area contributed by atoms with Crippen molar-refractivity contribution in [2.45, 2.75) is 6.54 Å². The van der Waals surface area contributed by atoms with Gasteiger partial charge in [-0.2, -0.15) is 0 Å². The molecule has 7 nitrogen and oxygen atoms in total. The Morgan fingerprint density at radius 2 is 1.75 bits per heavy atom. The number of hydrogen-bond acceptors (Lipinski definition) is 6. The summed E-state index contributed by atoms with van der Waals surface area (Å²) >= 11 is 0. The number of carbonyl (C=O) groups excluding carboxylic acids is 1. The predicted octanol–water partition coefficient (Wildman–Crippen LogP) is 2.13. The van der Waals surface area contributed by atoms with Gasteiger partial charge in [-0.3, -0.25) is 9.78 Å². The first kappa shape index (κ1) is 17.9. The lowest BCUT2D eigenvalue weighted by atomic mass is 10.2. The average Bonchev–Trinajstić information content (AvgIpc) is 2.79. The Bertz CT molecular complexity index is 893. The van der Waals surface area contributed by atoms with E-state index in [1.54, 1.807) is 24.7 Å². The minimum absolute atomic E-state index is 0.185. The molecule has 0 bridgehead atoms. The van der Waals surface area contributed by atoms with Gasteiger partial charge in [0, 0.05) is 51.3 Å². The molecule has 0 aliphatic carbocycles. The van der Waals surface area contributed by atoms with Crippen molar-refractivity contribution in [3.63, 3.8) is 0 Å². The zero-order chi connectivity index (χ0) is 19.2. The molecule has 1 N–H and O–H groups in total. The summed E-state index contributed by atoms with van der Waals surface area (Å²) in [6, 6.07) is 13.5. The number of carbonyl (C=O) groups is 1. The normalized spacial score (nSPS) is 14.0. The molecule has 1 aliphatic rings. The van der Waals surface area contributed by atoms with Crippen molar-refractivity contribution in [3.05, 3.63) is 78.5 Å². The van der Waals surface area contributed by atoms with E-state index in [2.05, 4.69) is 30.1 Å². The molecule has 4 rings (SSSR count). The van der Waals surface area contributed by atoms with Crippen molar-refractivity contribution in [1.82, 2.24) is 20.3 Å². The van der Waals surface area contributed by atoms with Gasteiger partial charge in [-0.05, 0) is 35.9 Å². The van der Waals surface area contributed by atoms with Crippen LogP contribution in [0.15, 0.2) is 67.3 Å². The second-order valence-corrected chi connectivity index (χ2v) is 6.61. The van der Waals surface area contributed by atoms with E-state index in [9.17, 15) is 4.79 Å². The third-order valence-electron chi connectivity index (χ3n) is 4.77. The Labute approximate surface area is 164 Å². The Hall–Kier alpha value is -3.48. The van der Waals surface area contributed by atoms with Crippen molar-refractivity contribution >= 4 is 17.4 Å². The lowest BCUT2D eigenvalue weighted by molar-refractivity contribution is 0.0946. The van der Waals surface area contributed by atoms with Crippen molar-refractivity contribution in [1.29, 1.82) is 0 Å². The van der Waals surface area contributed by atoms with Gasteiger partial charge in [0.2, 0.25) is 0 Å². The van der Waals surface area contributed by atoms with Crippen LogP contribution in [0.5, 0.6) is 0 Å². The lowest BCUT2D eigenvalue weighted by Crippen LogP contribution is -2.46. The van der Waals surface area contributed by atoms with Crippen LogP contribution in [0.3, 0.4) is 0 Å². The molecule has 1 fully saturated rings. The largest absolute Gasteiger partial charge is 0.367 e. The highest BCUT2D eigenvalue weighted by atomic mass is 16.1. The van der Waals surface area contributed by atoms with Crippen LogP contribution in [0.2, 0.25) is 0 Å². The molecule has 0 aromatic carbocycles. The number of rotatable bonds is 5. The van der Waals surface area contributed by atoms with E-state index in [1.807, 2.05) is 42.6 Å². The highest BCUT2D eigenvalue weighted by molar-refractivity contribution is 5.92. The smallest absolute Gasteiger partial charge is 0.270 e. The van der Waals surface area contributed by atoms with E-state index in [1.165, 1.54) is 0 Å². The van der Waals surface area contributed by atoms with Crippen LogP contribution in [0.1, 0.15) is 16.1 Å². The second-order valence-electron chi connectivity index (χ2n) is 6.61. The molecular formula is C21H22N6O. The van der Waals surface area contributed by atoms with Gasteiger partial charge in [0.25, 0.3) is 5.91 Å². The third-order valence-corrected chi connectivity index (χ3v) is 4.77. The summed E-state index contributed by atoms with van der Waals surface area (Å²) in [6.45, 7) is 4.04. The monoisotopic (exact) mass is 374 g/mol. The third kappa shape index (κ3) is 4.25. The number of nitrogens with zero attached hydrogens (tertiary/aromatic N) is 5. The number of amides is 1. The number of pyridine rings is 3. The van der Waals surface area contributed by atoms with Crippen LogP contribution < -0.4 is 15.1 Å². The van der Waals surface area contributed by atoms with E-state index in [4.69, 9.17) is 0 Å². The van der Waals surface area contributed by atoms with Crippen LogP contribution in [-0.2, 0) is 6.54 Å². The summed E-state index contributed by atoms with van der Waals surface area (Å²) in [7, 11) is 0. The summed E-state index contributed by atoms with van der Waals surface area (Å²) in [6.07, 6.45) is 7.04. The number of piperazine rings is 1. The molecule has 142 valence electrons. The van der Waals surface area contributed by atoms with Gasteiger partial charge < -0.3 is 15.1 Å². The zero-order valence-electron chi connectivity index (χ0n) is 15.5. The molecule has 0 saturated carbocycles. The van der Waals surface area contributed by atoms with Crippen molar-refractivity contribution in [2.24, 2.45) is 0 Å². The first-order valence-corrected chi connectivity index (χ1v) is 9.34. The van der Waals surface area contributed by atoms with Crippen molar-refractivity contribution in [2.75, 3.05) is 36.0 Å². The molecule has 0 unspecified atom stereocenters. The fraction of sp³-hybridized carbons (Fsp3) is 0.238. The minimum atomic E-state index is -0.185. The summed E-state index contributed by atoms with van der Waals surface area (Å²) in [4.78, 5) is 29.7. The Kier molecular flexibility index (Phi) is 5.42. The molecule has 0 radical (unpaired) electrons. The van der Waals surface area contributed by atoms with E-state index >= 15 is 0 Å². The molecule has 4 heterocycles. The van der Waals surface area contributed by atoms with Crippen LogP contribution in [-0.4, -0.2) is 47.0 Å². The molecule has 1 amide bonds. The van der Waals surface area contributed by atoms with E-state index in [-0.39, 0.29) is 5.91 Å².